The minimum absolute atomic E-state index is 0.251. The fourth-order valence-corrected chi connectivity index (χ4v) is 1.79. The lowest BCUT2D eigenvalue weighted by molar-refractivity contribution is -0.120. The van der Waals surface area contributed by atoms with Crippen molar-refractivity contribution in [3.8, 4) is 0 Å². The number of ether oxygens (including phenoxy) is 1. The molecule has 1 heterocycles. The Morgan fingerprint density at radius 1 is 1.44 bits per heavy atom. The molecule has 1 saturated heterocycles. The molecule has 0 aliphatic carbocycles. The second-order valence-electron chi connectivity index (χ2n) is 4.39. The number of nitrogens with one attached hydrogen (secondary N) is 1. The van der Waals surface area contributed by atoms with Crippen LogP contribution in [0.5, 0.6) is 0 Å². The van der Waals surface area contributed by atoms with Crippen molar-refractivity contribution < 1.29 is 9.53 Å². The Kier molecular flexibility index (Phi) is 6.34. The zero-order valence-electron chi connectivity index (χ0n) is 10.3. The second kappa shape index (κ2) is 7.58. The Morgan fingerprint density at radius 2 is 2.12 bits per heavy atom. The van der Waals surface area contributed by atoms with Gasteiger partial charge >= 0.3 is 0 Å². The first-order chi connectivity index (χ1) is 7.72. The van der Waals surface area contributed by atoms with Crippen molar-refractivity contribution in [1.82, 2.24) is 5.32 Å². The van der Waals surface area contributed by atoms with Gasteiger partial charge in [-0.3, -0.25) is 4.79 Å². The van der Waals surface area contributed by atoms with E-state index < -0.39 is 0 Å². The normalized spacial score (nSPS) is 17.3. The van der Waals surface area contributed by atoms with Gasteiger partial charge in [-0.2, -0.15) is 0 Å². The van der Waals surface area contributed by atoms with Gasteiger partial charge in [0.1, 0.15) is 5.78 Å². The summed E-state index contributed by atoms with van der Waals surface area (Å²) in [7, 11) is 0. The number of carbonyl (C=O) groups is 1. The van der Waals surface area contributed by atoms with Gasteiger partial charge in [-0.15, -0.1) is 0 Å². The third kappa shape index (κ3) is 5.42. The Bertz CT molecular complexity index is 232. The lowest BCUT2D eigenvalue weighted by atomic mass is 10.1. The molecule has 1 N–H and O–H groups in total. The molecule has 0 atom stereocenters. The predicted molar refractivity (Wildman–Crippen MR) is 65.5 cm³/mol. The Hall–Kier alpha value is -0.670. The van der Waals surface area contributed by atoms with Crippen molar-refractivity contribution in [3.05, 3.63) is 12.2 Å². The molecule has 0 unspecified atom stereocenters. The average molecular weight is 225 g/mol. The molecular weight excluding hydrogens is 202 g/mol. The molecule has 0 amide bonds. The van der Waals surface area contributed by atoms with Crippen LogP contribution in [-0.2, 0) is 9.53 Å². The van der Waals surface area contributed by atoms with E-state index in [9.17, 15) is 4.79 Å². The van der Waals surface area contributed by atoms with E-state index in [1.807, 2.05) is 6.92 Å². The average Bonchev–Trinajstić information content (AvgIpc) is 2.30. The molecule has 0 aromatic heterocycles. The third-order valence-electron chi connectivity index (χ3n) is 2.97. The van der Waals surface area contributed by atoms with Crippen molar-refractivity contribution in [1.29, 1.82) is 0 Å². The monoisotopic (exact) mass is 225 g/mol. The molecule has 16 heavy (non-hydrogen) atoms. The lowest BCUT2D eigenvalue weighted by Gasteiger charge is -2.22. The first kappa shape index (κ1) is 13.4. The number of rotatable bonds is 7. The van der Waals surface area contributed by atoms with Crippen LogP contribution in [0.3, 0.4) is 0 Å². The van der Waals surface area contributed by atoms with Gasteiger partial charge in [0.15, 0.2) is 0 Å². The summed E-state index contributed by atoms with van der Waals surface area (Å²) >= 11 is 0. The van der Waals surface area contributed by atoms with Crippen molar-refractivity contribution in [3.63, 3.8) is 0 Å². The SMILES string of the molecule is C=C(CC)CC(=O)CCOC1CCNCC1. The third-order valence-corrected chi connectivity index (χ3v) is 2.97. The standard InChI is InChI=1S/C13H23NO2/c1-3-11(2)10-12(15)6-9-16-13-4-7-14-8-5-13/h13-14H,2-10H2,1H3. The van der Waals surface area contributed by atoms with Gasteiger partial charge in [0.2, 0.25) is 0 Å². The number of hydrogen-bond donors (Lipinski definition) is 1. The summed E-state index contributed by atoms with van der Waals surface area (Å²) in [6.45, 7) is 8.51. The van der Waals surface area contributed by atoms with Crippen molar-refractivity contribution in [2.24, 2.45) is 0 Å². The molecular formula is C13H23NO2. The van der Waals surface area contributed by atoms with Crippen LogP contribution in [0.25, 0.3) is 0 Å². The number of ketones is 1. The van der Waals surface area contributed by atoms with Crippen LogP contribution in [0, 0.1) is 0 Å². The summed E-state index contributed by atoms with van der Waals surface area (Å²) in [4.78, 5) is 11.5. The molecule has 0 aromatic carbocycles. The van der Waals surface area contributed by atoms with Crippen LogP contribution in [-0.4, -0.2) is 31.6 Å². The van der Waals surface area contributed by atoms with Gasteiger partial charge in [0, 0.05) is 12.8 Å². The molecule has 1 aliphatic rings. The second-order valence-corrected chi connectivity index (χ2v) is 4.39. The van der Waals surface area contributed by atoms with E-state index in [0.717, 1.165) is 37.9 Å². The molecule has 1 aliphatic heterocycles. The molecule has 92 valence electrons. The van der Waals surface area contributed by atoms with Gasteiger partial charge in [-0.25, -0.2) is 0 Å². The van der Waals surface area contributed by atoms with Gasteiger partial charge in [0.25, 0.3) is 0 Å². The van der Waals surface area contributed by atoms with Crippen LogP contribution < -0.4 is 5.32 Å². The molecule has 1 fully saturated rings. The highest BCUT2D eigenvalue weighted by Crippen LogP contribution is 2.09. The van der Waals surface area contributed by atoms with Crippen molar-refractivity contribution in [2.45, 2.75) is 45.1 Å². The van der Waals surface area contributed by atoms with Crippen LogP contribution in [0.15, 0.2) is 12.2 Å². The zero-order chi connectivity index (χ0) is 11.8. The summed E-state index contributed by atoms with van der Waals surface area (Å²) in [5, 5.41) is 3.29. The zero-order valence-corrected chi connectivity index (χ0v) is 10.3. The van der Waals surface area contributed by atoms with Gasteiger partial charge in [0.05, 0.1) is 12.7 Å². The maximum absolute atomic E-state index is 11.5. The Labute approximate surface area is 98.2 Å². The quantitative estimate of drug-likeness (QED) is 0.674. The molecule has 0 bridgehead atoms. The molecule has 0 aromatic rings. The first-order valence-electron chi connectivity index (χ1n) is 6.23. The van der Waals surface area contributed by atoms with Crippen LogP contribution in [0.4, 0.5) is 0 Å². The number of allylic oxidation sites excluding steroid dienone is 1. The molecule has 1 rings (SSSR count). The van der Waals surface area contributed by atoms with E-state index >= 15 is 0 Å². The predicted octanol–water partition coefficient (Wildman–Crippen LogP) is 2.07. The van der Waals surface area contributed by atoms with Crippen molar-refractivity contribution >= 4 is 5.78 Å². The minimum atomic E-state index is 0.251. The van der Waals surface area contributed by atoms with E-state index in [4.69, 9.17) is 4.74 Å². The van der Waals surface area contributed by atoms with Gasteiger partial charge in [-0.1, -0.05) is 19.1 Å². The topological polar surface area (TPSA) is 38.3 Å². The molecule has 3 heteroatoms. The van der Waals surface area contributed by atoms with E-state index in [1.54, 1.807) is 0 Å². The maximum Gasteiger partial charge on any atom is 0.139 e. The van der Waals surface area contributed by atoms with Gasteiger partial charge in [-0.05, 0) is 32.4 Å². The Morgan fingerprint density at radius 3 is 2.75 bits per heavy atom. The van der Waals surface area contributed by atoms with E-state index in [0.29, 0.717) is 25.6 Å². The number of hydrogen-bond acceptors (Lipinski definition) is 3. The maximum atomic E-state index is 11.5. The highest BCUT2D eigenvalue weighted by atomic mass is 16.5. The van der Waals surface area contributed by atoms with Crippen molar-refractivity contribution in [2.75, 3.05) is 19.7 Å². The fraction of sp³-hybridized carbons (Fsp3) is 0.769. The van der Waals surface area contributed by atoms with E-state index in [-0.39, 0.29) is 5.78 Å². The van der Waals surface area contributed by atoms with Crippen LogP contribution in [0.2, 0.25) is 0 Å². The molecule has 3 nitrogen and oxygen atoms in total. The number of piperidine rings is 1. The number of carbonyl (C=O) groups excluding carboxylic acids is 1. The first-order valence-corrected chi connectivity index (χ1v) is 6.23. The van der Waals surface area contributed by atoms with Gasteiger partial charge < -0.3 is 10.1 Å². The van der Waals surface area contributed by atoms with Crippen LogP contribution in [0.1, 0.15) is 39.0 Å². The molecule has 0 radical (unpaired) electrons. The fourth-order valence-electron chi connectivity index (χ4n) is 1.79. The highest BCUT2D eigenvalue weighted by Gasteiger charge is 2.13. The lowest BCUT2D eigenvalue weighted by Crippen LogP contribution is -2.32. The summed E-state index contributed by atoms with van der Waals surface area (Å²) in [6, 6.07) is 0. The smallest absolute Gasteiger partial charge is 0.139 e. The Balaban J connectivity index is 2.05. The molecule has 0 saturated carbocycles. The van der Waals surface area contributed by atoms with E-state index in [1.165, 1.54) is 0 Å². The summed E-state index contributed by atoms with van der Waals surface area (Å²) < 4.78 is 5.68. The largest absolute Gasteiger partial charge is 0.378 e. The summed E-state index contributed by atoms with van der Waals surface area (Å²) in [6.07, 6.45) is 4.42. The highest BCUT2D eigenvalue weighted by molar-refractivity contribution is 5.80. The van der Waals surface area contributed by atoms with E-state index in [2.05, 4.69) is 11.9 Å². The number of Topliss-reactive ketones (excluding diaryl/α,β-unsaturated/α-hetero) is 1. The molecule has 0 spiro atoms. The summed E-state index contributed by atoms with van der Waals surface area (Å²) in [5.74, 6) is 0.251. The summed E-state index contributed by atoms with van der Waals surface area (Å²) in [5.41, 5.74) is 1.02. The minimum Gasteiger partial charge on any atom is -0.378 e. The van der Waals surface area contributed by atoms with Crippen LogP contribution >= 0.6 is 0 Å².